The lowest BCUT2D eigenvalue weighted by Gasteiger charge is -2.34. The van der Waals surface area contributed by atoms with Crippen molar-refractivity contribution in [2.45, 2.75) is 43.4 Å². The molecule has 3 rings (SSSR count). The van der Waals surface area contributed by atoms with E-state index in [-0.39, 0.29) is 29.2 Å². The van der Waals surface area contributed by atoms with Crippen LogP contribution in [0.15, 0.2) is 18.2 Å². The molecule has 128 valence electrons. The zero-order valence-electron chi connectivity index (χ0n) is 12.9. The molecule has 1 aliphatic carbocycles. The molecule has 0 radical (unpaired) electrons. The van der Waals surface area contributed by atoms with Crippen molar-refractivity contribution in [2.24, 2.45) is 11.7 Å². The minimum atomic E-state index is -3.13. The minimum Gasteiger partial charge on any atom is -0.327 e. The average Bonchev–Trinajstić information content (AvgIpc) is 3.36. The van der Waals surface area contributed by atoms with Crippen molar-refractivity contribution < 1.29 is 17.2 Å². The summed E-state index contributed by atoms with van der Waals surface area (Å²) in [7, 11) is -3.13. The summed E-state index contributed by atoms with van der Waals surface area (Å²) in [6.07, 6.45) is 3.14. The molecular formula is C16H22F2N2O2S. The molecule has 1 aliphatic heterocycles. The van der Waals surface area contributed by atoms with E-state index in [0.717, 1.165) is 25.0 Å². The Labute approximate surface area is 135 Å². The largest absolute Gasteiger partial charge is 0.327 e. The molecule has 1 aromatic rings. The third-order valence-corrected chi connectivity index (χ3v) is 7.27. The van der Waals surface area contributed by atoms with Crippen molar-refractivity contribution in [3.63, 3.8) is 0 Å². The summed E-state index contributed by atoms with van der Waals surface area (Å²) in [5, 5.41) is -0.186. The third kappa shape index (κ3) is 3.72. The highest BCUT2D eigenvalue weighted by Gasteiger charge is 2.41. The number of hydrogen-bond donors (Lipinski definition) is 1. The van der Waals surface area contributed by atoms with Gasteiger partial charge in [-0.05, 0) is 61.8 Å². The molecule has 0 amide bonds. The molecule has 2 fully saturated rings. The number of rotatable bonds is 5. The van der Waals surface area contributed by atoms with Crippen molar-refractivity contribution in [3.05, 3.63) is 35.4 Å². The zero-order chi connectivity index (χ0) is 16.6. The topological polar surface area (TPSA) is 63.4 Å². The molecule has 1 saturated heterocycles. The highest BCUT2D eigenvalue weighted by atomic mass is 32.2. The Kier molecular flexibility index (Phi) is 4.71. The summed E-state index contributed by atoms with van der Waals surface area (Å²) < 4.78 is 52.9. The molecule has 0 aromatic heterocycles. The van der Waals surface area contributed by atoms with Gasteiger partial charge in [-0.15, -0.1) is 0 Å². The Morgan fingerprint density at radius 3 is 2.43 bits per heavy atom. The van der Waals surface area contributed by atoms with Crippen molar-refractivity contribution in [1.29, 1.82) is 0 Å². The fourth-order valence-corrected chi connectivity index (χ4v) is 5.13. The van der Waals surface area contributed by atoms with Crippen LogP contribution < -0.4 is 5.73 Å². The first-order valence-corrected chi connectivity index (χ1v) is 9.56. The summed E-state index contributed by atoms with van der Waals surface area (Å²) in [6, 6.07) is 3.09. The molecule has 1 atom stereocenters. The normalized spacial score (nSPS) is 22.2. The zero-order valence-corrected chi connectivity index (χ0v) is 13.7. The maximum absolute atomic E-state index is 13.7. The quantitative estimate of drug-likeness (QED) is 0.889. The number of benzene rings is 1. The summed E-state index contributed by atoms with van der Waals surface area (Å²) in [6.45, 7) is 0.950. The van der Waals surface area contributed by atoms with E-state index in [9.17, 15) is 17.2 Å². The van der Waals surface area contributed by atoms with Crippen LogP contribution in [0.1, 0.15) is 31.2 Å². The summed E-state index contributed by atoms with van der Waals surface area (Å²) >= 11 is 0. The van der Waals surface area contributed by atoms with E-state index < -0.39 is 21.7 Å². The Morgan fingerprint density at radius 2 is 1.83 bits per heavy atom. The van der Waals surface area contributed by atoms with Crippen LogP contribution >= 0.6 is 0 Å². The van der Waals surface area contributed by atoms with E-state index in [1.54, 1.807) is 4.31 Å². The fourth-order valence-electron chi connectivity index (χ4n) is 3.26. The highest BCUT2D eigenvalue weighted by molar-refractivity contribution is 7.90. The van der Waals surface area contributed by atoms with Gasteiger partial charge in [-0.2, -0.15) is 0 Å². The lowest BCUT2D eigenvalue weighted by Crippen LogP contribution is -2.45. The first-order chi connectivity index (χ1) is 10.9. The van der Waals surface area contributed by atoms with E-state index in [2.05, 4.69) is 0 Å². The molecule has 2 aliphatic rings. The third-order valence-electron chi connectivity index (χ3n) is 4.87. The molecule has 0 bridgehead atoms. The van der Waals surface area contributed by atoms with Gasteiger partial charge in [0.25, 0.3) is 0 Å². The van der Waals surface area contributed by atoms with Crippen LogP contribution in [0.2, 0.25) is 0 Å². The maximum atomic E-state index is 13.7. The van der Waals surface area contributed by atoms with E-state index in [0.29, 0.717) is 25.9 Å². The van der Waals surface area contributed by atoms with Crippen LogP contribution in [0.5, 0.6) is 0 Å². The molecule has 1 aromatic carbocycles. The molecule has 7 heteroatoms. The number of nitrogens with zero attached hydrogens (tertiary/aromatic N) is 1. The summed E-state index contributed by atoms with van der Waals surface area (Å²) in [5.41, 5.74) is 6.45. The molecule has 1 heterocycles. The number of halogens is 2. The molecule has 0 spiro atoms. The van der Waals surface area contributed by atoms with Crippen LogP contribution in [0.25, 0.3) is 0 Å². The molecule has 1 unspecified atom stereocenters. The molecule has 4 nitrogen and oxygen atoms in total. The second-order valence-electron chi connectivity index (χ2n) is 6.58. The van der Waals surface area contributed by atoms with Gasteiger partial charge in [0.1, 0.15) is 11.6 Å². The van der Waals surface area contributed by atoms with Gasteiger partial charge in [0.15, 0.2) is 0 Å². The Bertz CT molecular complexity index is 669. The predicted molar refractivity (Wildman–Crippen MR) is 84.3 cm³/mol. The molecule has 23 heavy (non-hydrogen) atoms. The molecular weight excluding hydrogens is 322 g/mol. The lowest BCUT2D eigenvalue weighted by atomic mass is 9.87. The van der Waals surface area contributed by atoms with Crippen molar-refractivity contribution in [1.82, 2.24) is 4.31 Å². The molecule has 2 N–H and O–H groups in total. The highest BCUT2D eigenvalue weighted by Crippen LogP contribution is 2.33. The van der Waals surface area contributed by atoms with Gasteiger partial charge >= 0.3 is 0 Å². The summed E-state index contributed by atoms with van der Waals surface area (Å²) in [4.78, 5) is 0. The van der Waals surface area contributed by atoms with Gasteiger partial charge in [-0.25, -0.2) is 21.5 Å². The van der Waals surface area contributed by atoms with Gasteiger partial charge in [-0.3, -0.25) is 0 Å². The molecule has 1 saturated carbocycles. The van der Waals surface area contributed by atoms with Crippen LogP contribution in [0.3, 0.4) is 0 Å². The number of piperidine rings is 1. The Balaban J connectivity index is 1.58. The van der Waals surface area contributed by atoms with Gasteiger partial charge in [0, 0.05) is 19.1 Å². The van der Waals surface area contributed by atoms with Crippen molar-refractivity contribution in [3.8, 4) is 0 Å². The number of hydrogen-bond acceptors (Lipinski definition) is 3. The monoisotopic (exact) mass is 344 g/mol. The summed E-state index contributed by atoms with van der Waals surface area (Å²) in [5.74, 6) is -0.794. The van der Waals surface area contributed by atoms with E-state index in [4.69, 9.17) is 5.73 Å². The van der Waals surface area contributed by atoms with Crippen LogP contribution in [-0.4, -0.2) is 37.1 Å². The van der Waals surface area contributed by atoms with Crippen LogP contribution in [0, 0.1) is 17.6 Å². The van der Waals surface area contributed by atoms with E-state index in [1.165, 1.54) is 6.07 Å². The van der Waals surface area contributed by atoms with Gasteiger partial charge in [-0.1, -0.05) is 0 Å². The predicted octanol–water partition coefficient (Wildman–Crippen LogP) is 2.04. The maximum Gasteiger partial charge on any atom is 0.216 e. The van der Waals surface area contributed by atoms with Gasteiger partial charge < -0.3 is 5.73 Å². The second-order valence-corrected chi connectivity index (χ2v) is 8.80. The Hall–Kier alpha value is -1.05. The Morgan fingerprint density at radius 1 is 1.17 bits per heavy atom. The fraction of sp³-hybridized carbons (Fsp3) is 0.625. The first kappa shape index (κ1) is 16.8. The van der Waals surface area contributed by atoms with Crippen molar-refractivity contribution in [2.75, 3.05) is 13.1 Å². The number of nitrogens with two attached hydrogens (primary N) is 1. The van der Waals surface area contributed by atoms with Gasteiger partial charge in [0.05, 0.1) is 5.25 Å². The number of sulfonamides is 1. The standard InChI is InChI=1S/C16H22F2N2O2S/c17-13-1-4-15(18)12(9-13)10-16(19)11-5-7-20(8-6-11)23(21,22)14-2-3-14/h1,4,9,11,14,16H,2-3,5-8,10,19H2. The minimum absolute atomic E-state index is 0.128. The van der Waals surface area contributed by atoms with Crippen LogP contribution in [0.4, 0.5) is 8.78 Å². The lowest BCUT2D eigenvalue weighted by molar-refractivity contribution is 0.242. The van der Waals surface area contributed by atoms with Crippen molar-refractivity contribution >= 4 is 10.0 Å². The smallest absolute Gasteiger partial charge is 0.216 e. The SMILES string of the molecule is NC(Cc1cc(F)ccc1F)C1CCN(S(=O)(=O)C2CC2)CC1. The first-order valence-electron chi connectivity index (χ1n) is 8.06. The van der Waals surface area contributed by atoms with Gasteiger partial charge in [0.2, 0.25) is 10.0 Å². The van der Waals surface area contributed by atoms with E-state index >= 15 is 0 Å². The van der Waals surface area contributed by atoms with E-state index in [1.807, 2.05) is 0 Å². The average molecular weight is 344 g/mol. The van der Waals surface area contributed by atoms with Crippen LogP contribution in [-0.2, 0) is 16.4 Å². The second kappa shape index (κ2) is 6.45.